The van der Waals surface area contributed by atoms with Gasteiger partial charge in [-0.15, -0.1) is 0 Å². The van der Waals surface area contributed by atoms with Crippen molar-refractivity contribution in [1.82, 2.24) is 29.9 Å². The zero-order chi connectivity index (χ0) is 23.0. The van der Waals surface area contributed by atoms with Gasteiger partial charge in [0.1, 0.15) is 16.2 Å². The van der Waals surface area contributed by atoms with Crippen molar-refractivity contribution in [3.8, 4) is 5.88 Å². The Morgan fingerprint density at radius 2 is 1.28 bits per heavy atom. The van der Waals surface area contributed by atoms with Crippen LogP contribution in [0, 0.1) is 0 Å². The van der Waals surface area contributed by atoms with Gasteiger partial charge in [-0.2, -0.15) is 0 Å². The molecule has 12 heteroatoms. The molecule has 0 spiro atoms. The number of hydrogen-bond acceptors (Lipinski definition) is 8. The number of nitrogens with zero attached hydrogens (tertiary/aromatic N) is 6. The number of aromatic nitrogens is 6. The number of ether oxygens (including phenoxy) is 1. The monoisotopic (exact) mass is 506 g/mol. The molecule has 0 radical (unpaired) electrons. The van der Waals surface area contributed by atoms with Crippen LogP contribution in [0.4, 0.5) is 0 Å². The molecule has 0 aromatic carbocycles. The molecule has 0 amide bonds. The van der Waals surface area contributed by atoms with E-state index in [-0.39, 0.29) is 43.2 Å². The second-order valence-electron chi connectivity index (χ2n) is 6.60. The number of aliphatic hydroxyl groups is 1. The summed E-state index contributed by atoms with van der Waals surface area (Å²) in [5.74, 6) is 0.500. The molecule has 0 atom stereocenters. The Morgan fingerprint density at radius 1 is 0.812 bits per heavy atom. The van der Waals surface area contributed by atoms with Gasteiger partial charge in [0.05, 0.1) is 29.5 Å². The maximum atomic E-state index is 8.06. The molecule has 4 aromatic heterocycles. The van der Waals surface area contributed by atoms with Gasteiger partial charge in [0.15, 0.2) is 10.3 Å². The fraction of sp³-hybridized carbons (Fsp3) is 0.300. The van der Waals surface area contributed by atoms with Crippen LogP contribution in [-0.4, -0.2) is 47.2 Å². The van der Waals surface area contributed by atoms with Crippen molar-refractivity contribution >= 4 is 56.9 Å². The van der Waals surface area contributed by atoms with E-state index in [2.05, 4.69) is 29.9 Å². The van der Waals surface area contributed by atoms with E-state index >= 15 is 0 Å². The second-order valence-corrected chi connectivity index (χ2v) is 7.70. The standard InChI is InChI=1S/C10H10ClN3O.C7H3Cl2N3.C3H8O.Na.H/c1-6(2)15-8-5-13-9-7(14-8)3-4-12-10(9)11;8-5-3-11-6-4(12-5)1-2-10-7(6)9;1-3(2)4;;/h3-6H,1-2H3;1-3H;3-4H,1-2H3;;/q;;;+1;-1. The minimum atomic E-state index is -0.167. The molecule has 0 saturated carbocycles. The molecular formula is C20H22Cl3N6NaO2. The molecule has 4 heterocycles. The predicted octanol–water partition coefficient (Wildman–Crippen LogP) is 2.30. The summed E-state index contributed by atoms with van der Waals surface area (Å²) in [5, 5.41) is 9.11. The summed E-state index contributed by atoms with van der Waals surface area (Å²) in [6.07, 6.45) is 6.07. The molecule has 1 N–H and O–H groups in total. The van der Waals surface area contributed by atoms with E-state index in [1.807, 2.05) is 13.8 Å². The Labute approximate surface area is 224 Å². The first-order valence-electron chi connectivity index (χ1n) is 9.22. The van der Waals surface area contributed by atoms with Gasteiger partial charge in [0.25, 0.3) is 0 Å². The molecule has 0 unspecified atom stereocenters. The first-order chi connectivity index (χ1) is 14.7. The second kappa shape index (κ2) is 14.0. The van der Waals surface area contributed by atoms with Crippen LogP contribution in [0.25, 0.3) is 22.1 Å². The molecule has 0 aliphatic carbocycles. The van der Waals surface area contributed by atoms with Gasteiger partial charge in [-0.1, -0.05) is 34.8 Å². The molecule has 0 bridgehead atoms. The summed E-state index contributed by atoms with van der Waals surface area (Å²) in [4.78, 5) is 24.2. The average Bonchev–Trinajstić information content (AvgIpc) is 2.68. The normalized spacial score (nSPS) is 10.2. The summed E-state index contributed by atoms with van der Waals surface area (Å²) in [6, 6.07) is 3.46. The third kappa shape index (κ3) is 9.23. The first kappa shape index (κ1) is 28.6. The van der Waals surface area contributed by atoms with Crippen LogP contribution >= 0.6 is 34.8 Å². The van der Waals surface area contributed by atoms with E-state index in [1.165, 1.54) is 6.20 Å². The Morgan fingerprint density at radius 3 is 1.78 bits per heavy atom. The van der Waals surface area contributed by atoms with E-state index in [1.54, 1.807) is 44.6 Å². The van der Waals surface area contributed by atoms with Crippen molar-refractivity contribution < 1.29 is 40.8 Å². The van der Waals surface area contributed by atoms with Gasteiger partial charge in [-0.25, -0.2) is 29.9 Å². The molecule has 166 valence electrons. The summed E-state index contributed by atoms with van der Waals surface area (Å²) < 4.78 is 5.43. The fourth-order valence-electron chi connectivity index (χ4n) is 2.08. The van der Waals surface area contributed by atoms with Gasteiger partial charge < -0.3 is 11.3 Å². The number of aliphatic hydroxyl groups excluding tert-OH is 1. The van der Waals surface area contributed by atoms with E-state index in [0.717, 1.165) is 0 Å². The topological polar surface area (TPSA) is 107 Å². The minimum Gasteiger partial charge on any atom is -1.00 e. The van der Waals surface area contributed by atoms with Gasteiger partial charge in [-0.3, -0.25) is 0 Å². The third-order valence-electron chi connectivity index (χ3n) is 3.14. The van der Waals surface area contributed by atoms with Crippen LogP contribution < -0.4 is 34.3 Å². The largest absolute Gasteiger partial charge is 1.00 e. The molecule has 0 fully saturated rings. The molecular weight excluding hydrogens is 486 g/mol. The van der Waals surface area contributed by atoms with E-state index in [9.17, 15) is 0 Å². The molecule has 4 rings (SSSR count). The van der Waals surface area contributed by atoms with Crippen LogP contribution in [0.15, 0.2) is 36.9 Å². The fourth-order valence-corrected chi connectivity index (χ4v) is 2.63. The average molecular weight is 508 g/mol. The Balaban J connectivity index is 0.000000516. The Kier molecular flexibility index (Phi) is 12.5. The van der Waals surface area contributed by atoms with Crippen LogP contribution in [0.3, 0.4) is 0 Å². The van der Waals surface area contributed by atoms with Gasteiger partial charge in [-0.05, 0) is 39.8 Å². The molecule has 8 nitrogen and oxygen atoms in total. The van der Waals surface area contributed by atoms with Crippen molar-refractivity contribution in [2.75, 3.05) is 0 Å². The number of halogens is 3. The predicted molar refractivity (Wildman–Crippen MR) is 124 cm³/mol. The van der Waals surface area contributed by atoms with Gasteiger partial charge in [0, 0.05) is 18.5 Å². The van der Waals surface area contributed by atoms with Crippen molar-refractivity contribution in [1.29, 1.82) is 0 Å². The van der Waals surface area contributed by atoms with Crippen molar-refractivity contribution in [3.63, 3.8) is 0 Å². The number of fused-ring (bicyclic) bond motifs is 2. The smallest absolute Gasteiger partial charge is 1.00 e. The maximum Gasteiger partial charge on any atom is 1.00 e. The van der Waals surface area contributed by atoms with Crippen LogP contribution in [0.2, 0.25) is 15.5 Å². The van der Waals surface area contributed by atoms with Crippen LogP contribution in [0.5, 0.6) is 5.88 Å². The number of pyridine rings is 2. The van der Waals surface area contributed by atoms with Crippen LogP contribution in [0.1, 0.15) is 29.1 Å². The molecule has 0 aliphatic rings. The van der Waals surface area contributed by atoms with Crippen molar-refractivity contribution in [2.45, 2.75) is 39.9 Å². The van der Waals surface area contributed by atoms with Crippen molar-refractivity contribution in [3.05, 3.63) is 52.4 Å². The van der Waals surface area contributed by atoms with Crippen LogP contribution in [-0.2, 0) is 0 Å². The molecule has 0 aliphatic heterocycles. The van der Waals surface area contributed by atoms with E-state index in [4.69, 9.17) is 44.6 Å². The Hall–Kier alpha value is -1.39. The quantitative estimate of drug-likeness (QED) is 0.325. The van der Waals surface area contributed by atoms with E-state index in [0.29, 0.717) is 43.4 Å². The Bertz CT molecular complexity index is 1150. The van der Waals surface area contributed by atoms with Gasteiger partial charge in [0.2, 0.25) is 5.88 Å². The van der Waals surface area contributed by atoms with E-state index < -0.39 is 0 Å². The summed E-state index contributed by atoms with van der Waals surface area (Å²) in [6.45, 7) is 7.32. The van der Waals surface area contributed by atoms with Gasteiger partial charge >= 0.3 is 29.6 Å². The minimum absolute atomic E-state index is 0. The zero-order valence-electron chi connectivity index (χ0n) is 19.3. The molecule has 4 aromatic rings. The molecule has 0 saturated heterocycles. The summed E-state index contributed by atoms with van der Waals surface area (Å²) in [5.41, 5.74) is 2.51. The molecule has 32 heavy (non-hydrogen) atoms. The third-order valence-corrected chi connectivity index (χ3v) is 3.87. The number of rotatable bonds is 2. The number of hydrogen-bond donors (Lipinski definition) is 1. The summed E-state index contributed by atoms with van der Waals surface area (Å²) in [7, 11) is 0. The first-order valence-corrected chi connectivity index (χ1v) is 10.4. The summed E-state index contributed by atoms with van der Waals surface area (Å²) >= 11 is 17.2. The maximum absolute atomic E-state index is 8.06. The SMILES string of the molecule is CC(C)O.CC(C)Oc1cnc2c(Cl)nccc2n1.Clc1cnc2c(Cl)nccc2n1.[H-].[Na+]. The zero-order valence-corrected chi connectivity index (χ0v) is 22.6. The van der Waals surface area contributed by atoms with Crippen molar-refractivity contribution in [2.24, 2.45) is 0 Å².